The Morgan fingerprint density at radius 1 is 0.955 bits per heavy atom. The summed E-state index contributed by atoms with van der Waals surface area (Å²) in [4.78, 5) is 0. The Hall–Kier alpha value is -1.84. The van der Waals surface area contributed by atoms with Gasteiger partial charge >= 0.3 is 0 Å². The van der Waals surface area contributed by atoms with Crippen molar-refractivity contribution in [1.82, 2.24) is 10.6 Å². The maximum Gasteiger partial charge on any atom is 0.119 e. The van der Waals surface area contributed by atoms with E-state index in [0.29, 0.717) is 6.61 Å². The Balaban J connectivity index is 1.76. The molecule has 0 aliphatic carbocycles. The maximum atomic E-state index is 5.86. The minimum atomic E-state index is 0.619. The van der Waals surface area contributed by atoms with Gasteiger partial charge in [0.25, 0.3) is 0 Å². The molecule has 0 unspecified atom stereocenters. The van der Waals surface area contributed by atoms with Gasteiger partial charge in [-0.25, -0.2) is 0 Å². The predicted molar refractivity (Wildman–Crippen MR) is 92.2 cm³/mol. The molecule has 0 saturated carbocycles. The van der Waals surface area contributed by atoms with Crippen molar-refractivity contribution in [3.8, 4) is 5.75 Å². The van der Waals surface area contributed by atoms with Crippen LogP contribution in [0.5, 0.6) is 5.75 Å². The van der Waals surface area contributed by atoms with Crippen LogP contribution in [0.15, 0.2) is 48.5 Å². The first-order chi connectivity index (χ1) is 10.8. The minimum absolute atomic E-state index is 0.619. The van der Waals surface area contributed by atoms with Gasteiger partial charge in [0.1, 0.15) is 12.4 Å². The second-order valence-corrected chi connectivity index (χ2v) is 5.49. The molecule has 0 amide bonds. The van der Waals surface area contributed by atoms with Crippen LogP contribution in [0.25, 0.3) is 0 Å². The average Bonchev–Trinajstić information content (AvgIpc) is 2.55. The van der Waals surface area contributed by atoms with Gasteiger partial charge in [-0.1, -0.05) is 36.4 Å². The molecule has 2 rings (SSSR count). The lowest BCUT2D eigenvalue weighted by atomic mass is 10.1. The van der Waals surface area contributed by atoms with Gasteiger partial charge in [0.2, 0.25) is 0 Å². The molecule has 0 saturated heterocycles. The van der Waals surface area contributed by atoms with Crippen molar-refractivity contribution >= 4 is 0 Å². The van der Waals surface area contributed by atoms with Crippen molar-refractivity contribution in [3.05, 3.63) is 65.2 Å². The van der Waals surface area contributed by atoms with Crippen molar-refractivity contribution < 1.29 is 4.74 Å². The third-order valence-electron chi connectivity index (χ3n) is 3.69. The molecule has 2 aromatic carbocycles. The molecule has 0 aliphatic heterocycles. The first-order valence-corrected chi connectivity index (χ1v) is 7.91. The summed E-state index contributed by atoms with van der Waals surface area (Å²) in [7, 11) is 1.98. The standard InChI is InChI=1S/C19H26N2O/c1-16-6-3-4-7-18(16)15-22-19-10-8-17(9-11-19)14-21-13-5-12-20-2/h3-4,6-11,20-21H,5,12-15H2,1-2H3. The van der Waals surface area contributed by atoms with Gasteiger partial charge in [0, 0.05) is 6.54 Å². The van der Waals surface area contributed by atoms with Gasteiger partial charge in [-0.15, -0.1) is 0 Å². The molecule has 0 fully saturated rings. The Bertz CT molecular complexity index is 552. The molecule has 2 aromatic rings. The van der Waals surface area contributed by atoms with E-state index in [-0.39, 0.29) is 0 Å². The quantitative estimate of drug-likeness (QED) is 0.697. The monoisotopic (exact) mass is 298 g/mol. The van der Waals surface area contributed by atoms with E-state index in [2.05, 4.69) is 54.0 Å². The molecule has 2 N–H and O–H groups in total. The van der Waals surface area contributed by atoms with Gasteiger partial charge < -0.3 is 15.4 Å². The molecule has 3 heteroatoms. The van der Waals surface area contributed by atoms with Gasteiger partial charge in [-0.3, -0.25) is 0 Å². The number of rotatable bonds is 9. The summed E-state index contributed by atoms with van der Waals surface area (Å²) in [5.41, 5.74) is 3.79. The molecule has 22 heavy (non-hydrogen) atoms. The zero-order valence-corrected chi connectivity index (χ0v) is 13.6. The lowest BCUT2D eigenvalue weighted by Gasteiger charge is -2.10. The van der Waals surface area contributed by atoms with Crippen molar-refractivity contribution in [2.75, 3.05) is 20.1 Å². The minimum Gasteiger partial charge on any atom is -0.489 e. The fourth-order valence-corrected chi connectivity index (χ4v) is 2.26. The highest BCUT2D eigenvalue weighted by Crippen LogP contribution is 2.15. The van der Waals surface area contributed by atoms with Crippen LogP contribution in [0.2, 0.25) is 0 Å². The van der Waals surface area contributed by atoms with E-state index in [1.807, 2.05) is 19.2 Å². The molecule has 0 bridgehead atoms. The van der Waals surface area contributed by atoms with Gasteiger partial charge in [-0.05, 0) is 62.3 Å². The summed E-state index contributed by atoms with van der Waals surface area (Å²) in [5, 5.41) is 6.59. The number of nitrogens with one attached hydrogen (secondary N) is 2. The summed E-state index contributed by atoms with van der Waals surface area (Å²) < 4.78 is 5.86. The summed E-state index contributed by atoms with van der Waals surface area (Å²) in [5.74, 6) is 0.919. The first kappa shape index (κ1) is 16.5. The molecular weight excluding hydrogens is 272 g/mol. The number of hydrogen-bond donors (Lipinski definition) is 2. The predicted octanol–water partition coefficient (Wildman–Crippen LogP) is 3.27. The molecular formula is C19H26N2O. The van der Waals surface area contributed by atoms with Crippen LogP contribution < -0.4 is 15.4 Å². The molecule has 0 aromatic heterocycles. The Kier molecular flexibility index (Phi) is 6.94. The maximum absolute atomic E-state index is 5.86. The van der Waals surface area contributed by atoms with E-state index in [1.54, 1.807) is 0 Å². The molecule has 0 aliphatic rings. The summed E-state index contributed by atoms with van der Waals surface area (Å²) in [6, 6.07) is 16.7. The molecule has 0 heterocycles. The van der Waals surface area contributed by atoms with Crippen LogP contribution in [0.1, 0.15) is 23.1 Å². The lowest BCUT2D eigenvalue weighted by Crippen LogP contribution is -2.19. The highest BCUT2D eigenvalue weighted by atomic mass is 16.5. The summed E-state index contributed by atoms with van der Waals surface area (Å²) in [6.45, 7) is 5.72. The largest absolute Gasteiger partial charge is 0.489 e. The SMILES string of the molecule is CNCCCNCc1ccc(OCc2ccccc2C)cc1. The summed E-state index contributed by atoms with van der Waals surface area (Å²) >= 11 is 0. The average molecular weight is 298 g/mol. The van der Waals surface area contributed by atoms with Crippen molar-refractivity contribution in [2.24, 2.45) is 0 Å². The Morgan fingerprint density at radius 3 is 2.45 bits per heavy atom. The fraction of sp³-hybridized carbons (Fsp3) is 0.368. The highest BCUT2D eigenvalue weighted by Gasteiger charge is 1.99. The van der Waals surface area contributed by atoms with Crippen LogP contribution in [0.4, 0.5) is 0 Å². The molecule has 0 spiro atoms. The van der Waals surface area contributed by atoms with E-state index < -0.39 is 0 Å². The molecule has 0 atom stereocenters. The fourth-order valence-electron chi connectivity index (χ4n) is 2.26. The van der Waals surface area contributed by atoms with Crippen molar-refractivity contribution in [3.63, 3.8) is 0 Å². The topological polar surface area (TPSA) is 33.3 Å². The van der Waals surface area contributed by atoms with E-state index in [0.717, 1.165) is 31.8 Å². The third-order valence-corrected chi connectivity index (χ3v) is 3.69. The van der Waals surface area contributed by atoms with Crippen molar-refractivity contribution in [1.29, 1.82) is 0 Å². The molecule has 0 radical (unpaired) electrons. The smallest absolute Gasteiger partial charge is 0.119 e. The van der Waals surface area contributed by atoms with E-state index in [1.165, 1.54) is 16.7 Å². The summed E-state index contributed by atoms with van der Waals surface area (Å²) in [6.07, 6.45) is 1.15. The van der Waals surface area contributed by atoms with E-state index in [9.17, 15) is 0 Å². The zero-order chi connectivity index (χ0) is 15.6. The Labute approximate surface area is 133 Å². The number of benzene rings is 2. The number of aryl methyl sites for hydroxylation is 1. The second kappa shape index (κ2) is 9.23. The van der Waals surface area contributed by atoms with Crippen LogP contribution >= 0.6 is 0 Å². The number of hydrogen-bond acceptors (Lipinski definition) is 3. The van der Waals surface area contributed by atoms with E-state index >= 15 is 0 Å². The van der Waals surface area contributed by atoms with Gasteiger partial charge in [0.15, 0.2) is 0 Å². The van der Waals surface area contributed by atoms with Crippen LogP contribution in [0, 0.1) is 6.92 Å². The van der Waals surface area contributed by atoms with Crippen LogP contribution in [-0.2, 0) is 13.2 Å². The van der Waals surface area contributed by atoms with Crippen molar-refractivity contribution in [2.45, 2.75) is 26.5 Å². The van der Waals surface area contributed by atoms with E-state index in [4.69, 9.17) is 4.74 Å². The number of ether oxygens (including phenoxy) is 1. The van der Waals surface area contributed by atoms with Gasteiger partial charge in [0.05, 0.1) is 0 Å². The normalized spacial score (nSPS) is 10.6. The second-order valence-electron chi connectivity index (χ2n) is 5.49. The zero-order valence-electron chi connectivity index (χ0n) is 13.6. The Morgan fingerprint density at radius 2 is 1.73 bits per heavy atom. The molecule has 3 nitrogen and oxygen atoms in total. The van der Waals surface area contributed by atoms with Crippen LogP contribution in [-0.4, -0.2) is 20.1 Å². The van der Waals surface area contributed by atoms with Crippen LogP contribution in [0.3, 0.4) is 0 Å². The van der Waals surface area contributed by atoms with Gasteiger partial charge in [-0.2, -0.15) is 0 Å². The first-order valence-electron chi connectivity index (χ1n) is 7.91. The third kappa shape index (κ3) is 5.51. The molecule has 118 valence electrons. The lowest BCUT2D eigenvalue weighted by molar-refractivity contribution is 0.305. The highest BCUT2D eigenvalue weighted by molar-refractivity contribution is 5.29.